The van der Waals surface area contributed by atoms with Gasteiger partial charge in [0.25, 0.3) is 0 Å². The molecule has 3 atom stereocenters. The normalized spacial score (nSPS) is 24.5. The van der Waals surface area contributed by atoms with Crippen molar-refractivity contribution in [3.8, 4) is 0 Å². The summed E-state index contributed by atoms with van der Waals surface area (Å²) in [6.45, 7) is 1.72. The number of urea groups is 1. The number of carbonyl (C=O) groups is 1. The van der Waals surface area contributed by atoms with Crippen molar-refractivity contribution in [2.24, 2.45) is 11.8 Å². The average molecular weight is 354 g/mol. The zero-order valence-corrected chi connectivity index (χ0v) is 14.8. The monoisotopic (exact) mass is 353 g/mol. The third kappa shape index (κ3) is 4.01. The lowest BCUT2D eigenvalue weighted by Gasteiger charge is -2.30. The van der Waals surface area contributed by atoms with E-state index in [4.69, 9.17) is 11.6 Å². The Morgan fingerprint density at radius 2 is 2.21 bits per heavy atom. The zero-order valence-electron chi connectivity index (χ0n) is 14.0. The van der Waals surface area contributed by atoms with Gasteiger partial charge in [0.05, 0.1) is 5.02 Å². The Bertz CT molecular complexity index is 598. The molecule has 0 saturated heterocycles. The number of benzene rings is 1. The number of carbonyl (C=O) groups excluding carboxylic acids is 1. The summed E-state index contributed by atoms with van der Waals surface area (Å²) in [5.74, 6) is 1.02. The highest BCUT2D eigenvalue weighted by molar-refractivity contribution is 6.31. The molecule has 2 fully saturated rings. The molecular formula is C18H25ClFN3O. The number of rotatable bonds is 7. The van der Waals surface area contributed by atoms with Crippen LogP contribution in [0.15, 0.2) is 18.2 Å². The quantitative estimate of drug-likeness (QED) is 0.724. The van der Waals surface area contributed by atoms with Crippen LogP contribution in [0.3, 0.4) is 0 Å². The number of halogens is 2. The Kier molecular flexibility index (Phi) is 5.61. The molecule has 6 heteroatoms. The van der Waals surface area contributed by atoms with Crippen molar-refractivity contribution in [3.63, 3.8) is 0 Å². The van der Waals surface area contributed by atoms with Crippen LogP contribution in [0.5, 0.6) is 0 Å². The predicted octanol–water partition coefficient (Wildman–Crippen LogP) is 4.11. The van der Waals surface area contributed by atoms with Crippen LogP contribution < -0.4 is 10.6 Å². The first kappa shape index (κ1) is 17.5. The lowest BCUT2D eigenvalue weighted by molar-refractivity contribution is 0.179. The van der Waals surface area contributed by atoms with Crippen LogP contribution in [0.2, 0.25) is 5.02 Å². The summed E-state index contributed by atoms with van der Waals surface area (Å²) in [7, 11) is 1.94. The maximum absolute atomic E-state index is 13.3. The summed E-state index contributed by atoms with van der Waals surface area (Å²) in [4.78, 5) is 14.8. The standard InChI is InChI=1S/C18H25ClFN3O/c1-21-8-2-3-9-23(17-7-4-12-10-14(12)17)18(24)22-13-5-6-16(20)15(19)11-13/h5-6,11-12,14,17,21H,2-4,7-10H2,1H3,(H,22,24). The highest BCUT2D eigenvalue weighted by Gasteiger charge is 2.50. The Morgan fingerprint density at radius 3 is 2.83 bits per heavy atom. The minimum absolute atomic E-state index is 0.0245. The Morgan fingerprint density at radius 1 is 1.38 bits per heavy atom. The number of nitrogens with zero attached hydrogens (tertiary/aromatic N) is 1. The van der Waals surface area contributed by atoms with Gasteiger partial charge in [-0.05, 0) is 75.7 Å². The van der Waals surface area contributed by atoms with Crippen molar-refractivity contribution < 1.29 is 9.18 Å². The molecule has 2 aliphatic rings. The number of anilines is 1. The van der Waals surface area contributed by atoms with E-state index in [1.807, 2.05) is 11.9 Å². The zero-order chi connectivity index (χ0) is 17.1. The van der Waals surface area contributed by atoms with Crippen molar-refractivity contribution in [2.75, 3.05) is 25.5 Å². The molecule has 24 heavy (non-hydrogen) atoms. The first-order valence-corrected chi connectivity index (χ1v) is 9.15. The lowest BCUT2D eigenvalue weighted by atomic mass is 10.1. The molecule has 1 aromatic carbocycles. The summed E-state index contributed by atoms with van der Waals surface area (Å²) in [5, 5.41) is 6.05. The van der Waals surface area contributed by atoms with E-state index in [2.05, 4.69) is 10.6 Å². The molecular weight excluding hydrogens is 329 g/mol. The molecule has 0 radical (unpaired) electrons. The van der Waals surface area contributed by atoms with Crippen molar-refractivity contribution >= 4 is 23.3 Å². The van der Waals surface area contributed by atoms with E-state index >= 15 is 0 Å². The Hall–Kier alpha value is -1.33. The second-order valence-corrected chi connectivity index (χ2v) is 7.27. The van der Waals surface area contributed by atoms with Crippen LogP contribution in [-0.2, 0) is 0 Å². The average Bonchev–Trinajstić information content (AvgIpc) is 3.23. The molecule has 1 aromatic rings. The summed E-state index contributed by atoms with van der Waals surface area (Å²) < 4.78 is 13.3. The number of hydrogen-bond donors (Lipinski definition) is 2. The number of hydrogen-bond acceptors (Lipinski definition) is 2. The molecule has 3 unspecified atom stereocenters. The largest absolute Gasteiger partial charge is 0.322 e. The molecule has 0 spiro atoms. The lowest BCUT2D eigenvalue weighted by Crippen LogP contribution is -2.44. The first-order chi connectivity index (χ1) is 11.6. The van der Waals surface area contributed by atoms with Gasteiger partial charge in [0.2, 0.25) is 0 Å². The van der Waals surface area contributed by atoms with Crippen LogP contribution in [0.4, 0.5) is 14.9 Å². The van der Waals surface area contributed by atoms with Gasteiger partial charge in [-0.1, -0.05) is 11.6 Å². The van der Waals surface area contributed by atoms with Crippen molar-refractivity contribution in [1.82, 2.24) is 10.2 Å². The molecule has 0 aromatic heterocycles. The van der Waals surface area contributed by atoms with Crippen LogP contribution in [0.1, 0.15) is 32.1 Å². The van der Waals surface area contributed by atoms with Crippen molar-refractivity contribution in [1.29, 1.82) is 0 Å². The SMILES string of the molecule is CNCCCCN(C(=O)Nc1ccc(F)c(Cl)c1)C1CCC2CC21. The van der Waals surface area contributed by atoms with Gasteiger partial charge < -0.3 is 15.5 Å². The number of amides is 2. The van der Waals surface area contributed by atoms with E-state index in [0.29, 0.717) is 17.6 Å². The summed E-state index contributed by atoms with van der Waals surface area (Å²) in [6.07, 6.45) is 5.61. The maximum Gasteiger partial charge on any atom is 0.322 e. The minimum atomic E-state index is -0.477. The number of nitrogens with one attached hydrogen (secondary N) is 2. The van der Waals surface area contributed by atoms with Crippen LogP contribution >= 0.6 is 11.6 Å². The second-order valence-electron chi connectivity index (χ2n) is 6.87. The third-order valence-electron chi connectivity index (χ3n) is 5.21. The Balaban J connectivity index is 1.64. The van der Waals surface area contributed by atoms with Gasteiger partial charge in [-0.15, -0.1) is 0 Å². The first-order valence-electron chi connectivity index (χ1n) is 8.77. The van der Waals surface area contributed by atoms with E-state index in [9.17, 15) is 9.18 Å². The van der Waals surface area contributed by atoms with Crippen molar-refractivity contribution in [2.45, 2.75) is 38.1 Å². The molecule has 132 valence electrons. The molecule has 0 heterocycles. The molecule has 4 nitrogen and oxygen atoms in total. The molecule has 2 N–H and O–H groups in total. The van der Waals surface area contributed by atoms with Crippen LogP contribution in [0, 0.1) is 17.7 Å². The van der Waals surface area contributed by atoms with E-state index in [-0.39, 0.29) is 11.1 Å². The maximum atomic E-state index is 13.3. The fraction of sp³-hybridized carbons (Fsp3) is 0.611. The molecule has 2 saturated carbocycles. The van der Waals surface area contributed by atoms with Gasteiger partial charge in [-0.25, -0.2) is 9.18 Å². The van der Waals surface area contributed by atoms with Crippen LogP contribution in [-0.4, -0.2) is 37.1 Å². The molecule has 0 bridgehead atoms. The van der Waals surface area contributed by atoms with E-state index < -0.39 is 5.82 Å². The van der Waals surface area contributed by atoms with Gasteiger partial charge in [0.15, 0.2) is 0 Å². The topological polar surface area (TPSA) is 44.4 Å². The fourth-order valence-corrected chi connectivity index (χ4v) is 4.01. The fourth-order valence-electron chi connectivity index (χ4n) is 3.83. The highest BCUT2D eigenvalue weighted by atomic mass is 35.5. The predicted molar refractivity (Wildman–Crippen MR) is 94.9 cm³/mol. The van der Waals surface area contributed by atoms with Gasteiger partial charge in [-0.3, -0.25) is 0 Å². The van der Waals surface area contributed by atoms with Gasteiger partial charge in [0, 0.05) is 18.3 Å². The van der Waals surface area contributed by atoms with E-state index in [1.54, 1.807) is 6.07 Å². The number of unbranched alkanes of at least 4 members (excludes halogenated alkanes) is 1. The summed E-state index contributed by atoms with van der Waals surface area (Å²) in [5.41, 5.74) is 0.539. The van der Waals surface area contributed by atoms with Crippen LogP contribution in [0.25, 0.3) is 0 Å². The van der Waals surface area contributed by atoms with Gasteiger partial charge >= 0.3 is 6.03 Å². The Labute approximate surface area is 147 Å². The summed E-state index contributed by atoms with van der Waals surface area (Å²) in [6, 6.07) is 4.54. The molecule has 3 rings (SSSR count). The third-order valence-corrected chi connectivity index (χ3v) is 5.50. The van der Waals surface area contributed by atoms with Gasteiger partial charge in [-0.2, -0.15) is 0 Å². The van der Waals surface area contributed by atoms with E-state index in [1.165, 1.54) is 25.0 Å². The van der Waals surface area contributed by atoms with Crippen molar-refractivity contribution in [3.05, 3.63) is 29.0 Å². The van der Waals surface area contributed by atoms with Gasteiger partial charge in [0.1, 0.15) is 5.82 Å². The molecule has 2 aliphatic carbocycles. The number of fused-ring (bicyclic) bond motifs is 1. The molecule has 2 amide bonds. The minimum Gasteiger partial charge on any atom is -0.321 e. The highest BCUT2D eigenvalue weighted by Crippen LogP contribution is 2.53. The molecule has 0 aliphatic heterocycles. The summed E-state index contributed by atoms with van der Waals surface area (Å²) >= 11 is 5.81. The smallest absolute Gasteiger partial charge is 0.321 e. The van der Waals surface area contributed by atoms with E-state index in [0.717, 1.165) is 38.3 Å². The second kappa shape index (κ2) is 7.70.